The number of fused-ring (bicyclic) bond motifs is 1. The third-order valence-electron chi connectivity index (χ3n) is 2.77. The minimum atomic E-state index is 0.0839. The Morgan fingerprint density at radius 1 is 1.23 bits per heavy atom. The van der Waals surface area contributed by atoms with E-state index in [1.807, 2.05) is 6.92 Å². The van der Waals surface area contributed by atoms with Crippen LogP contribution in [0.1, 0.15) is 36.1 Å². The molecule has 0 aromatic carbocycles. The van der Waals surface area contributed by atoms with E-state index >= 15 is 0 Å². The number of aromatic amines is 1. The lowest BCUT2D eigenvalue weighted by molar-refractivity contribution is 0.708. The Bertz CT molecular complexity index is 365. The van der Waals surface area contributed by atoms with Crippen LogP contribution in [0.25, 0.3) is 0 Å². The van der Waals surface area contributed by atoms with E-state index < -0.39 is 0 Å². The van der Waals surface area contributed by atoms with Gasteiger partial charge >= 0.3 is 0 Å². The lowest BCUT2D eigenvalue weighted by Gasteiger charge is -2.05. The molecule has 70 valence electrons. The highest BCUT2D eigenvalue weighted by Gasteiger charge is 2.09. The van der Waals surface area contributed by atoms with E-state index in [9.17, 15) is 4.79 Å². The smallest absolute Gasteiger partial charge is 0.251 e. The standard InChI is InChI=1S/C11H15NO/c1-8-7-9-5-3-2-4-6-10(9)12-11(8)13/h7H,2-6H2,1H3,(H,12,13). The van der Waals surface area contributed by atoms with Crippen LogP contribution < -0.4 is 5.56 Å². The Labute approximate surface area is 78.0 Å². The zero-order chi connectivity index (χ0) is 9.26. The number of hydrogen-bond acceptors (Lipinski definition) is 1. The van der Waals surface area contributed by atoms with E-state index in [2.05, 4.69) is 11.1 Å². The molecule has 13 heavy (non-hydrogen) atoms. The van der Waals surface area contributed by atoms with Gasteiger partial charge in [-0.05, 0) is 44.2 Å². The van der Waals surface area contributed by atoms with Crippen molar-refractivity contribution < 1.29 is 0 Å². The fraction of sp³-hybridized carbons (Fsp3) is 0.545. The molecule has 0 spiro atoms. The summed E-state index contributed by atoms with van der Waals surface area (Å²) in [6.07, 6.45) is 5.94. The molecule has 1 aromatic heterocycles. The van der Waals surface area contributed by atoms with E-state index in [0.717, 1.165) is 18.4 Å². The monoisotopic (exact) mass is 177 g/mol. The molecule has 0 saturated heterocycles. The number of pyridine rings is 1. The average Bonchev–Trinajstić information content (AvgIpc) is 2.31. The molecule has 1 N–H and O–H groups in total. The number of nitrogens with one attached hydrogen (secondary N) is 1. The van der Waals surface area contributed by atoms with Crippen LogP contribution in [0, 0.1) is 6.92 Å². The summed E-state index contributed by atoms with van der Waals surface area (Å²) in [5.74, 6) is 0. The van der Waals surface area contributed by atoms with Crippen molar-refractivity contribution in [2.75, 3.05) is 0 Å². The fourth-order valence-electron chi connectivity index (χ4n) is 1.97. The van der Waals surface area contributed by atoms with Gasteiger partial charge in [-0.1, -0.05) is 6.42 Å². The molecule has 0 amide bonds. The second-order valence-electron chi connectivity index (χ2n) is 3.85. The maximum atomic E-state index is 11.3. The van der Waals surface area contributed by atoms with Crippen molar-refractivity contribution in [3.63, 3.8) is 0 Å². The van der Waals surface area contributed by atoms with Crippen molar-refractivity contribution in [3.8, 4) is 0 Å². The average molecular weight is 177 g/mol. The number of H-pyrrole nitrogens is 1. The zero-order valence-electron chi connectivity index (χ0n) is 8.02. The van der Waals surface area contributed by atoms with Crippen LogP contribution in [-0.4, -0.2) is 4.98 Å². The summed E-state index contributed by atoms with van der Waals surface area (Å²) < 4.78 is 0. The van der Waals surface area contributed by atoms with Crippen molar-refractivity contribution in [1.82, 2.24) is 4.98 Å². The molecule has 0 bridgehead atoms. The topological polar surface area (TPSA) is 32.9 Å². The van der Waals surface area contributed by atoms with E-state index in [-0.39, 0.29) is 5.56 Å². The number of rotatable bonds is 0. The van der Waals surface area contributed by atoms with Crippen LogP contribution in [0.5, 0.6) is 0 Å². The zero-order valence-corrected chi connectivity index (χ0v) is 8.02. The third-order valence-corrected chi connectivity index (χ3v) is 2.77. The molecule has 0 fully saturated rings. The van der Waals surface area contributed by atoms with Crippen molar-refractivity contribution >= 4 is 0 Å². The highest BCUT2D eigenvalue weighted by atomic mass is 16.1. The summed E-state index contributed by atoms with van der Waals surface area (Å²) in [6, 6.07) is 2.06. The molecular formula is C11H15NO. The molecule has 0 aliphatic heterocycles. The van der Waals surface area contributed by atoms with E-state index in [1.165, 1.54) is 30.5 Å². The Kier molecular flexibility index (Phi) is 2.21. The minimum absolute atomic E-state index is 0.0839. The van der Waals surface area contributed by atoms with Gasteiger partial charge in [0.25, 0.3) is 5.56 Å². The molecule has 1 aliphatic carbocycles. The highest BCUT2D eigenvalue weighted by molar-refractivity contribution is 5.25. The molecule has 1 heterocycles. The van der Waals surface area contributed by atoms with Gasteiger partial charge in [-0.15, -0.1) is 0 Å². The van der Waals surface area contributed by atoms with Gasteiger partial charge in [0.2, 0.25) is 0 Å². The summed E-state index contributed by atoms with van der Waals surface area (Å²) in [6.45, 7) is 1.88. The molecule has 1 aromatic rings. The summed E-state index contributed by atoms with van der Waals surface area (Å²) in [4.78, 5) is 14.3. The van der Waals surface area contributed by atoms with Crippen LogP contribution >= 0.6 is 0 Å². The number of aryl methyl sites for hydroxylation is 3. The van der Waals surface area contributed by atoms with Crippen molar-refractivity contribution in [3.05, 3.63) is 33.2 Å². The lowest BCUT2D eigenvalue weighted by atomic mass is 10.1. The number of hydrogen-bond donors (Lipinski definition) is 1. The first kappa shape index (κ1) is 8.54. The second kappa shape index (κ2) is 3.36. The van der Waals surface area contributed by atoms with Crippen molar-refractivity contribution in [1.29, 1.82) is 0 Å². The first-order chi connectivity index (χ1) is 6.27. The molecule has 0 unspecified atom stereocenters. The summed E-state index contributed by atoms with van der Waals surface area (Å²) in [7, 11) is 0. The van der Waals surface area contributed by atoms with Gasteiger partial charge in [0, 0.05) is 11.3 Å². The van der Waals surface area contributed by atoms with Crippen LogP contribution in [0.3, 0.4) is 0 Å². The van der Waals surface area contributed by atoms with Crippen LogP contribution in [0.4, 0.5) is 0 Å². The Morgan fingerprint density at radius 2 is 2.00 bits per heavy atom. The lowest BCUT2D eigenvalue weighted by Crippen LogP contribution is -2.13. The minimum Gasteiger partial charge on any atom is -0.326 e. The van der Waals surface area contributed by atoms with E-state index in [1.54, 1.807) is 0 Å². The normalized spacial score (nSPS) is 16.4. The van der Waals surface area contributed by atoms with Crippen LogP contribution in [0.2, 0.25) is 0 Å². The maximum absolute atomic E-state index is 11.3. The molecule has 1 aliphatic rings. The van der Waals surface area contributed by atoms with Gasteiger partial charge in [0.1, 0.15) is 0 Å². The molecule has 2 rings (SSSR count). The molecule has 2 nitrogen and oxygen atoms in total. The van der Waals surface area contributed by atoms with E-state index in [4.69, 9.17) is 0 Å². The SMILES string of the molecule is Cc1cc2c([nH]c1=O)CCCCC2. The molecule has 2 heteroatoms. The quantitative estimate of drug-likeness (QED) is 0.604. The largest absolute Gasteiger partial charge is 0.326 e. The molecular weight excluding hydrogens is 162 g/mol. The predicted molar refractivity (Wildman–Crippen MR) is 53.1 cm³/mol. The predicted octanol–water partition coefficient (Wildman–Crippen LogP) is 1.95. The highest BCUT2D eigenvalue weighted by Crippen LogP contribution is 2.17. The van der Waals surface area contributed by atoms with Gasteiger partial charge in [-0.2, -0.15) is 0 Å². The van der Waals surface area contributed by atoms with E-state index in [0.29, 0.717) is 0 Å². The molecule has 0 saturated carbocycles. The van der Waals surface area contributed by atoms with Crippen LogP contribution in [-0.2, 0) is 12.8 Å². The maximum Gasteiger partial charge on any atom is 0.251 e. The number of aromatic nitrogens is 1. The Balaban J connectivity index is 2.49. The van der Waals surface area contributed by atoms with Crippen LogP contribution in [0.15, 0.2) is 10.9 Å². The van der Waals surface area contributed by atoms with Crippen molar-refractivity contribution in [2.45, 2.75) is 39.0 Å². The molecule has 0 radical (unpaired) electrons. The van der Waals surface area contributed by atoms with Crippen molar-refractivity contribution in [2.24, 2.45) is 0 Å². The molecule has 0 atom stereocenters. The summed E-state index contributed by atoms with van der Waals surface area (Å²) >= 11 is 0. The van der Waals surface area contributed by atoms with Gasteiger partial charge < -0.3 is 4.98 Å². The Hall–Kier alpha value is -1.05. The third kappa shape index (κ3) is 1.67. The summed E-state index contributed by atoms with van der Waals surface area (Å²) in [5.41, 5.74) is 3.46. The van der Waals surface area contributed by atoms with Gasteiger partial charge in [0.05, 0.1) is 0 Å². The first-order valence-corrected chi connectivity index (χ1v) is 4.99. The fourth-order valence-corrected chi connectivity index (χ4v) is 1.97. The van der Waals surface area contributed by atoms with Gasteiger partial charge in [-0.25, -0.2) is 0 Å². The summed E-state index contributed by atoms with van der Waals surface area (Å²) in [5, 5.41) is 0. The first-order valence-electron chi connectivity index (χ1n) is 4.99. The second-order valence-corrected chi connectivity index (χ2v) is 3.85. The Morgan fingerprint density at radius 3 is 2.85 bits per heavy atom. The van der Waals surface area contributed by atoms with Gasteiger partial charge in [-0.3, -0.25) is 4.79 Å². The van der Waals surface area contributed by atoms with Gasteiger partial charge in [0.15, 0.2) is 0 Å².